The fourth-order valence-electron chi connectivity index (χ4n) is 2.96. The molecule has 2 aromatic carbocycles. The predicted octanol–water partition coefficient (Wildman–Crippen LogP) is 3.59. The SMILES string of the molecule is C[C@@H](Oc1ccccc1C#N)C(=O)Nc1ccccc1NC(=O)N1CCCC1. The lowest BCUT2D eigenvalue weighted by Gasteiger charge is -2.19. The van der Waals surface area contributed by atoms with E-state index in [1.807, 2.05) is 6.07 Å². The summed E-state index contributed by atoms with van der Waals surface area (Å²) in [6.45, 7) is 3.09. The number of nitrogens with zero attached hydrogens (tertiary/aromatic N) is 2. The molecule has 0 aromatic heterocycles. The molecule has 0 aliphatic carbocycles. The minimum Gasteiger partial charge on any atom is -0.480 e. The normalized spacial score (nSPS) is 14.1. The second-order valence-electron chi connectivity index (χ2n) is 6.53. The molecule has 2 N–H and O–H groups in total. The molecule has 0 unspecified atom stereocenters. The van der Waals surface area contributed by atoms with Crippen LogP contribution in [0.5, 0.6) is 5.75 Å². The average molecular weight is 378 g/mol. The highest BCUT2D eigenvalue weighted by molar-refractivity contribution is 6.00. The largest absolute Gasteiger partial charge is 0.480 e. The van der Waals surface area contributed by atoms with Gasteiger partial charge in [0.1, 0.15) is 11.8 Å². The summed E-state index contributed by atoms with van der Waals surface area (Å²) in [6.07, 6.45) is 1.19. The first-order chi connectivity index (χ1) is 13.6. The third kappa shape index (κ3) is 4.60. The van der Waals surface area contributed by atoms with Gasteiger partial charge in [-0.15, -0.1) is 0 Å². The molecule has 0 bridgehead atoms. The highest BCUT2D eigenvalue weighted by atomic mass is 16.5. The van der Waals surface area contributed by atoms with Crippen molar-refractivity contribution in [1.29, 1.82) is 5.26 Å². The Morgan fingerprint density at radius 2 is 1.64 bits per heavy atom. The Kier molecular flexibility index (Phi) is 6.12. The van der Waals surface area contributed by atoms with Crippen molar-refractivity contribution in [1.82, 2.24) is 4.90 Å². The van der Waals surface area contributed by atoms with Crippen LogP contribution in [0.25, 0.3) is 0 Å². The molecule has 3 rings (SSSR count). The Balaban J connectivity index is 1.66. The van der Waals surface area contributed by atoms with Crippen LogP contribution >= 0.6 is 0 Å². The van der Waals surface area contributed by atoms with Crippen molar-refractivity contribution in [3.63, 3.8) is 0 Å². The van der Waals surface area contributed by atoms with Crippen LogP contribution in [0.1, 0.15) is 25.3 Å². The molecule has 1 saturated heterocycles. The number of amides is 3. The van der Waals surface area contributed by atoms with Gasteiger partial charge in [0.25, 0.3) is 5.91 Å². The minimum absolute atomic E-state index is 0.175. The number of nitrogens with one attached hydrogen (secondary N) is 2. The molecule has 7 nitrogen and oxygen atoms in total. The van der Waals surface area contributed by atoms with Crippen molar-refractivity contribution in [2.45, 2.75) is 25.9 Å². The van der Waals surface area contributed by atoms with Crippen molar-refractivity contribution in [2.24, 2.45) is 0 Å². The molecule has 1 heterocycles. The molecule has 1 aliphatic heterocycles. The smallest absolute Gasteiger partial charge is 0.321 e. The Morgan fingerprint density at radius 1 is 1.04 bits per heavy atom. The van der Waals surface area contributed by atoms with Crippen molar-refractivity contribution in [2.75, 3.05) is 23.7 Å². The van der Waals surface area contributed by atoms with Gasteiger partial charge in [-0.3, -0.25) is 4.79 Å². The lowest BCUT2D eigenvalue weighted by Crippen LogP contribution is -2.33. The molecule has 0 radical (unpaired) electrons. The second kappa shape index (κ2) is 8.91. The van der Waals surface area contributed by atoms with Crippen LogP contribution in [0.15, 0.2) is 48.5 Å². The predicted molar refractivity (Wildman–Crippen MR) is 106 cm³/mol. The Labute approximate surface area is 163 Å². The zero-order chi connectivity index (χ0) is 19.9. The van der Waals surface area contributed by atoms with Crippen molar-refractivity contribution in [3.8, 4) is 11.8 Å². The molecule has 7 heteroatoms. The fourth-order valence-corrected chi connectivity index (χ4v) is 2.96. The maximum Gasteiger partial charge on any atom is 0.321 e. The van der Waals surface area contributed by atoms with Gasteiger partial charge >= 0.3 is 6.03 Å². The monoisotopic (exact) mass is 378 g/mol. The number of benzene rings is 2. The van der Waals surface area contributed by atoms with E-state index in [1.165, 1.54) is 0 Å². The van der Waals surface area contributed by atoms with E-state index in [0.29, 0.717) is 22.7 Å². The van der Waals surface area contributed by atoms with Gasteiger partial charge in [-0.05, 0) is 44.0 Å². The van der Waals surface area contributed by atoms with E-state index in [4.69, 9.17) is 10.00 Å². The maximum absolute atomic E-state index is 12.6. The Bertz CT molecular complexity index is 901. The summed E-state index contributed by atoms with van der Waals surface area (Å²) in [5, 5.41) is 14.8. The average Bonchev–Trinajstić information content (AvgIpc) is 3.25. The third-order valence-corrected chi connectivity index (χ3v) is 4.50. The molecular weight excluding hydrogens is 356 g/mol. The molecule has 28 heavy (non-hydrogen) atoms. The Morgan fingerprint density at radius 3 is 2.32 bits per heavy atom. The number of ether oxygens (including phenoxy) is 1. The number of urea groups is 1. The first kappa shape index (κ1) is 19.2. The highest BCUT2D eigenvalue weighted by Gasteiger charge is 2.21. The number of anilines is 2. The van der Waals surface area contributed by atoms with Gasteiger partial charge in [0.05, 0.1) is 16.9 Å². The molecule has 2 aromatic rings. The fraction of sp³-hybridized carbons (Fsp3) is 0.286. The first-order valence-electron chi connectivity index (χ1n) is 9.20. The lowest BCUT2D eigenvalue weighted by atomic mass is 10.2. The molecule has 1 atom stereocenters. The summed E-state index contributed by atoms with van der Waals surface area (Å²) in [5.74, 6) is -0.0288. The number of para-hydroxylation sites is 3. The van der Waals surface area contributed by atoms with E-state index in [2.05, 4.69) is 10.6 Å². The van der Waals surface area contributed by atoms with Crippen molar-refractivity contribution >= 4 is 23.3 Å². The Hall–Kier alpha value is -3.53. The number of carbonyl (C=O) groups is 2. The van der Waals surface area contributed by atoms with Gasteiger partial charge in [0.15, 0.2) is 6.10 Å². The van der Waals surface area contributed by atoms with Gasteiger partial charge in [-0.2, -0.15) is 5.26 Å². The first-order valence-corrected chi connectivity index (χ1v) is 9.20. The lowest BCUT2D eigenvalue weighted by molar-refractivity contribution is -0.122. The molecular formula is C21H22N4O3. The number of likely N-dealkylation sites (tertiary alicyclic amines) is 1. The van der Waals surface area contributed by atoms with Crippen LogP contribution in [-0.2, 0) is 4.79 Å². The zero-order valence-corrected chi connectivity index (χ0v) is 15.6. The van der Waals surface area contributed by atoms with Gasteiger partial charge in [-0.1, -0.05) is 24.3 Å². The molecule has 1 fully saturated rings. The van der Waals surface area contributed by atoms with Crippen molar-refractivity contribution < 1.29 is 14.3 Å². The van der Waals surface area contributed by atoms with Crippen LogP contribution in [0.2, 0.25) is 0 Å². The van der Waals surface area contributed by atoms with Crippen molar-refractivity contribution in [3.05, 3.63) is 54.1 Å². The third-order valence-electron chi connectivity index (χ3n) is 4.50. The van der Waals surface area contributed by atoms with E-state index < -0.39 is 6.10 Å². The van der Waals surface area contributed by atoms with Gasteiger partial charge in [-0.25, -0.2) is 4.79 Å². The second-order valence-corrected chi connectivity index (χ2v) is 6.53. The molecule has 1 aliphatic rings. The van der Waals surface area contributed by atoms with Crippen LogP contribution in [0, 0.1) is 11.3 Å². The molecule has 0 saturated carbocycles. The van der Waals surface area contributed by atoms with Gasteiger partial charge < -0.3 is 20.3 Å². The maximum atomic E-state index is 12.6. The number of hydrogen-bond acceptors (Lipinski definition) is 4. The molecule has 144 valence electrons. The van der Waals surface area contributed by atoms with Gasteiger partial charge in [0.2, 0.25) is 0 Å². The van der Waals surface area contributed by atoms with Crippen LogP contribution in [0.3, 0.4) is 0 Å². The summed E-state index contributed by atoms with van der Waals surface area (Å²) in [4.78, 5) is 26.7. The number of rotatable bonds is 5. The zero-order valence-electron chi connectivity index (χ0n) is 15.6. The van der Waals surface area contributed by atoms with E-state index in [0.717, 1.165) is 25.9 Å². The topological polar surface area (TPSA) is 94.5 Å². The minimum atomic E-state index is -0.822. The van der Waals surface area contributed by atoms with Crippen LogP contribution in [-0.4, -0.2) is 36.0 Å². The molecule has 0 spiro atoms. The van der Waals surface area contributed by atoms with E-state index >= 15 is 0 Å². The summed E-state index contributed by atoms with van der Waals surface area (Å²) < 4.78 is 5.64. The van der Waals surface area contributed by atoms with E-state index in [9.17, 15) is 9.59 Å². The van der Waals surface area contributed by atoms with Crippen LogP contribution < -0.4 is 15.4 Å². The summed E-state index contributed by atoms with van der Waals surface area (Å²) in [6, 6.07) is 15.6. The number of hydrogen-bond donors (Lipinski definition) is 2. The van der Waals surface area contributed by atoms with E-state index in [1.54, 1.807) is 60.4 Å². The standard InChI is InChI=1S/C21H22N4O3/c1-15(28-19-11-5-2-8-16(19)14-22)20(26)23-17-9-3-4-10-18(17)24-21(27)25-12-6-7-13-25/h2-5,8-11,15H,6-7,12-13H2,1H3,(H,23,26)(H,24,27)/t15-/m1/s1. The summed E-state index contributed by atoms with van der Waals surface area (Å²) in [7, 11) is 0. The van der Waals surface area contributed by atoms with E-state index in [-0.39, 0.29) is 11.9 Å². The van der Waals surface area contributed by atoms with Crippen LogP contribution in [0.4, 0.5) is 16.2 Å². The molecule has 3 amide bonds. The summed E-state index contributed by atoms with van der Waals surface area (Å²) in [5.41, 5.74) is 1.38. The number of nitriles is 1. The van der Waals surface area contributed by atoms with Gasteiger partial charge in [0, 0.05) is 13.1 Å². The highest BCUT2D eigenvalue weighted by Crippen LogP contribution is 2.23. The number of carbonyl (C=O) groups excluding carboxylic acids is 2. The summed E-state index contributed by atoms with van der Waals surface area (Å²) >= 11 is 0. The quantitative estimate of drug-likeness (QED) is 0.831.